The summed E-state index contributed by atoms with van der Waals surface area (Å²) in [6.07, 6.45) is 2.03. The lowest BCUT2D eigenvalue weighted by Crippen LogP contribution is -2.41. The van der Waals surface area contributed by atoms with Gasteiger partial charge in [-0.25, -0.2) is 8.78 Å². The number of nitrogens with zero attached hydrogens (tertiary/aromatic N) is 1. The Bertz CT molecular complexity index is 415. The van der Waals surface area contributed by atoms with E-state index in [1.54, 1.807) is 0 Å². The van der Waals surface area contributed by atoms with Gasteiger partial charge in [0, 0.05) is 12.0 Å². The standard InChI is InChI=1S/C10H13F2N3O2/c11-10(12,4-13)5-14-9(16)7-3-8(17-15-7)6-1-2-6/h3,6H,1-2,4-5,13H2,(H,14,16). The van der Waals surface area contributed by atoms with E-state index in [1.165, 1.54) is 6.07 Å². The molecule has 1 fully saturated rings. The van der Waals surface area contributed by atoms with Crippen molar-refractivity contribution in [3.63, 3.8) is 0 Å². The summed E-state index contributed by atoms with van der Waals surface area (Å²) in [4.78, 5) is 11.5. The molecule has 1 saturated carbocycles. The van der Waals surface area contributed by atoms with Crippen molar-refractivity contribution in [1.82, 2.24) is 10.5 Å². The molecule has 1 heterocycles. The van der Waals surface area contributed by atoms with Crippen LogP contribution in [-0.2, 0) is 0 Å². The van der Waals surface area contributed by atoms with Gasteiger partial charge >= 0.3 is 0 Å². The molecule has 0 bridgehead atoms. The number of alkyl halides is 2. The molecule has 7 heteroatoms. The van der Waals surface area contributed by atoms with Gasteiger partial charge in [0.15, 0.2) is 5.69 Å². The Morgan fingerprint density at radius 3 is 2.94 bits per heavy atom. The van der Waals surface area contributed by atoms with Crippen LogP contribution in [0.3, 0.4) is 0 Å². The Labute approximate surface area is 96.3 Å². The third-order valence-electron chi connectivity index (χ3n) is 2.55. The summed E-state index contributed by atoms with van der Waals surface area (Å²) in [5.41, 5.74) is 4.88. The van der Waals surface area contributed by atoms with Crippen LogP contribution in [0.5, 0.6) is 0 Å². The lowest BCUT2D eigenvalue weighted by Gasteiger charge is -2.13. The normalized spacial score (nSPS) is 15.9. The van der Waals surface area contributed by atoms with Crippen LogP contribution in [0.25, 0.3) is 0 Å². The fraction of sp³-hybridized carbons (Fsp3) is 0.600. The highest BCUT2D eigenvalue weighted by Crippen LogP contribution is 2.40. The van der Waals surface area contributed by atoms with Gasteiger partial charge in [0.2, 0.25) is 0 Å². The number of carbonyl (C=O) groups excluding carboxylic acids is 1. The first-order valence-electron chi connectivity index (χ1n) is 5.34. The fourth-order valence-electron chi connectivity index (χ4n) is 1.33. The van der Waals surface area contributed by atoms with Crippen molar-refractivity contribution in [1.29, 1.82) is 0 Å². The number of nitrogens with one attached hydrogen (secondary N) is 1. The second-order valence-corrected chi connectivity index (χ2v) is 4.13. The van der Waals surface area contributed by atoms with Crippen LogP contribution >= 0.6 is 0 Å². The zero-order valence-electron chi connectivity index (χ0n) is 9.08. The molecule has 0 atom stereocenters. The van der Waals surface area contributed by atoms with Crippen molar-refractivity contribution in [3.8, 4) is 0 Å². The maximum absolute atomic E-state index is 12.8. The minimum Gasteiger partial charge on any atom is -0.360 e. The number of carbonyl (C=O) groups is 1. The summed E-state index contributed by atoms with van der Waals surface area (Å²) >= 11 is 0. The third-order valence-corrected chi connectivity index (χ3v) is 2.55. The van der Waals surface area contributed by atoms with Crippen molar-refractivity contribution in [2.24, 2.45) is 5.73 Å². The largest absolute Gasteiger partial charge is 0.360 e. The minimum absolute atomic E-state index is 0.0275. The van der Waals surface area contributed by atoms with E-state index in [-0.39, 0.29) is 5.69 Å². The summed E-state index contributed by atoms with van der Waals surface area (Å²) in [6, 6.07) is 1.49. The maximum atomic E-state index is 12.8. The number of rotatable bonds is 5. The van der Waals surface area contributed by atoms with Gasteiger partial charge < -0.3 is 15.6 Å². The number of amides is 1. The Morgan fingerprint density at radius 1 is 1.65 bits per heavy atom. The zero-order chi connectivity index (χ0) is 12.5. The van der Waals surface area contributed by atoms with Gasteiger partial charge in [0.1, 0.15) is 5.76 Å². The van der Waals surface area contributed by atoms with Gasteiger partial charge in [0.25, 0.3) is 11.8 Å². The molecule has 0 unspecified atom stereocenters. The fourth-order valence-corrected chi connectivity index (χ4v) is 1.33. The van der Waals surface area contributed by atoms with Gasteiger partial charge in [-0.3, -0.25) is 4.79 Å². The van der Waals surface area contributed by atoms with Gasteiger partial charge in [0.05, 0.1) is 13.1 Å². The molecule has 0 aliphatic heterocycles. The van der Waals surface area contributed by atoms with E-state index in [0.29, 0.717) is 11.7 Å². The quantitative estimate of drug-likeness (QED) is 0.806. The molecule has 17 heavy (non-hydrogen) atoms. The average molecular weight is 245 g/mol. The first-order chi connectivity index (χ1) is 8.02. The van der Waals surface area contributed by atoms with Gasteiger partial charge in [-0.2, -0.15) is 0 Å². The molecule has 5 nitrogen and oxygen atoms in total. The summed E-state index contributed by atoms with van der Waals surface area (Å²) < 4.78 is 30.5. The van der Waals surface area contributed by atoms with Crippen LogP contribution in [-0.4, -0.2) is 30.1 Å². The number of hydrogen-bond acceptors (Lipinski definition) is 4. The van der Waals surface area contributed by atoms with E-state index >= 15 is 0 Å². The first-order valence-corrected chi connectivity index (χ1v) is 5.34. The van der Waals surface area contributed by atoms with Crippen molar-refractivity contribution >= 4 is 5.91 Å². The van der Waals surface area contributed by atoms with Crippen LogP contribution in [0.2, 0.25) is 0 Å². The van der Waals surface area contributed by atoms with Crippen molar-refractivity contribution < 1.29 is 18.1 Å². The molecule has 2 rings (SSSR count). The van der Waals surface area contributed by atoms with E-state index in [0.717, 1.165) is 12.8 Å². The smallest absolute Gasteiger partial charge is 0.277 e. The van der Waals surface area contributed by atoms with E-state index in [2.05, 4.69) is 10.5 Å². The molecule has 94 valence electrons. The average Bonchev–Trinajstić information content (AvgIpc) is 3.04. The lowest BCUT2D eigenvalue weighted by molar-refractivity contribution is 0.0117. The van der Waals surface area contributed by atoms with Crippen molar-refractivity contribution in [3.05, 3.63) is 17.5 Å². The number of halogens is 2. The van der Waals surface area contributed by atoms with E-state index in [1.807, 2.05) is 0 Å². The number of aromatic nitrogens is 1. The highest BCUT2D eigenvalue weighted by atomic mass is 19.3. The second kappa shape index (κ2) is 4.40. The number of nitrogens with two attached hydrogens (primary N) is 1. The summed E-state index contributed by atoms with van der Waals surface area (Å²) in [6.45, 7) is -1.60. The minimum atomic E-state index is -3.10. The first kappa shape index (κ1) is 12.0. The third kappa shape index (κ3) is 3.00. The highest BCUT2D eigenvalue weighted by Gasteiger charge is 2.30. The molecule has 0 aromatic carbocycles. The number of hydrogen-bond donors (Lipinski definition) is 2. The molecule has 0 saturated heterocycles. The SMILES string of the molecule is NCC(F)(F)CNC(=O)c1cc(C2CC2)on1. The molecule has 3 N–H and O–H groups in total. The van der Waals surface area contributed by atoms with Crippen molar-refractivity contribution in [2.45, 2.75) is 24.7 Å². The highest BCUT2D eigenvalue weighted by molar-refractivity contribution is 5.92. The topological polar surface area (TPSA) is 81.1 Å². The molecule has 1 aromatic heterocycles. The van der Waals surface area contributed by atoms with Crippen LogP contribution in [0.4, 0.5) is 8.78 Å². The predicted octanol–water partition coefficient (Wildman–Crippen LogP) is 0.876. The molecular formula is C10H13F2N3O2. The van der Waals surface area contributed by atoms with Crippen LogP contribution in [0, 0.1) is 0 Å². The van der Waals surface area contributed by atoms with E-state index < -0.39 is 24.9 Å². The molecule has 1 aliphatic rings. The summed E-state index contributed by atoms with van der Waals surface area (Å²) in [5.74, 6) is -2.80. The molecule has 0 spiro atoms. The molecular weight excluding hydrogens is 232 g/mol. The van der Waals surface area contributed by atoms with Crippen LogP contribution in [0.15, 0.2) is 10.6 Å². The Hall–Kier alpha value is -1.50. The Kier molecular flexibility index (Phi) is 3.10. The molecule has 1 aromatic rings. The molecule has 1 amide bonds. The van der Waals surface area contributed by atoms with Gasteiger partial charge in [-0.05, 0) is 12.8 Å². The summed E-state index contributed by atoms with van der Waals surface area (Å²) in [5, 5.41) is 5.61. The van der Waals surface area contributed by atoms with E-state index in [4.69, 9.17) is 10.3 Å². The van der Waals surface area contributed by atoms with Gasteiger partial charge in [-0.1, -0.05) is 5.16 Å². The molecule has 0 radical (unpaired) electrons. The monoisotopic (exact) mass is 245 g/mol. The maximum Gasteiger partial charge on any atom is 0.277 e. The zero-order valence-corrected chi connectivity index (χ0v) is 9.08. The predicted molar refractivity (Wildman–Crippen MR) is 54.8 cm³/mol. The van der Waals surface area contributed by atoms with Crippen LogP contribution < -0.4 is 11.1 Å². The van der Waals surface area contributed by atoms with E-state index in [9.17, 15) is 13.6 Å². The van der Waals surface area contributed by atoms with Crippen molar-refractivity contribution in [2.75, 3.05) is 13.1 Å². The van der Waals surface area contributed by atoms with Gasteiger partial charge in [-0.15, -0.1) is 0 Å². The molecule has 1 aliphatic carbocycles. The van der Waals surface area contributed by atoms with Crippen LogP contribution in [0.1, 0.15) is 35.0 Å². The summed E-state index contributed by atoms with van der Waals surface area (Å²) in [7, 11) is 0. The Morgan fingerprint density at radius 2 is 2.35 bits per heavy atom. The lowest BCUT2D eigenvalue weighted by atomic mass is 10.2. The second-order valence-electron chi connectivity index (χ2n) is 4.13. The Balaban J connectivity index is 1.90.